The highest BCUT2D eigenvalue weighted by atomic mass is 32.2. The largest absolute Gasteiger partial charge is 0.393 e. The van der Waals surface area contributed by atoms with Crippen LogP contribution in [0.5, 0.6) is 0 Å². The summed E-state index contributed by atoms with van der Waals surface area (Å²) in [4.78, 5) is 53.2. The number of aliphatic hydroxyl groups excluding tert-OH is 1. The minimum absolute atomic E-state index is 0.0279. The molecule has 4 atom stereocenters. The molecule has 0 aromatic heterocycles. The first-order valence-corrected chi connectivity index (χ1v) is 16.9. The van der Waals surface area contributed by atoms with E-state index in [1.165, 1.54) is 19.1 Å². The molecule has 0 bridgehead atoms. The lowest BCUT2D eigenvalue weighted by atomic mass is 9.87. The van der Waals surface area contributed by atoms with Gasteiger partial charge in [0.1, 0.15) is 17.7 Å². The van der Waals surface area contributed by atoms with E-state index in [1.54, 1.807) is 19.1 Å². The molecule has 0 spiro atoms. The number of rotatable bonds is 13. The van der Waals surface area contributed by atoms with Gasteiger partial charge in [0, 0.05) is 18.6 Å². The van der Waals surface area contributed by atoms with Crippen LogP contribution in [0.2, 0.25) is 0 Å². The molecule has 43 heavy (non-hydrogen) atoms. The third-order valence-electron chi connectivity index (χ3n) is 8.58. The SMILES string of the molecule is CC(NC(=O)C1CCC(O)CC1)C(=O)NC(Cc1ccc(S(C)(=O)=O)cc1)C(=O)NC(CC1=CCCC1)C(=O)C1(C)CO1. The van der Waals surface area contributed by atoms with Crippen LogP contribution in [0.4, 0.5) is 0 Å². The lowest BCUT2D eigenvalue weighted by Crippen LogP contribution is -2.57. The van der Waals surface area contributed by atoms with Crippen molar-refractivity contribution in [2.24, 2.45) is 5.92 Å². The minimum atomic E-state index is -3.42. The van der Waals surface area contributed by atoms with Gasteiger partial charge in [-0.2, -0.15) is 0 Å². The van der Waals surface area contributed by atoms with Gasteiger partial charge < -0.3 is 25.8 Å². The summed E-state index contributed by atoms with van der Waals surface area (Å²) in [7, 11) is -3.42. The zero-order valence-corrected chi connectivity index (χ0v) is 25.9. The van der Waals surface area contributed by atoms with Gasteiger partial charge in [-0.1, -0.05) is 23.8 Å². The molecular formula is C31H43N3O8S. The van der Waals surface area contributed by atoms with Gasteiger partial charge in [-0.3, -0.25) is 19.2 Å². The third-order valence-corrected chi connectivity index (χ3v) is 9.71. The van der Waals surface area contributed by atoms with E-state index in [1.807, 2.05) is 0 Å². The van der Waals surface area contributed by atoms with E-state index < -0.39 is 51.5 Å². The van der Waals surface area contributed by atoms with E-state index in [2.05, 4.69) is 22.0 Å². The predicted octanol–water partition coefficient (Wildman–Crippen LogP) is 1.52. The van der Waals surface area contributed by atoms with Crippen LogP contribution < -0.4 is 16.0 Å². The zero-order chi connectivity index (χ0) is 31.4. The van der Waals surface area contributed by atoms with Gasteiger partial charge in [-0.15, -0.1) is 0 Å². The van der Waals surface area contributed by atoms with Crippen molar-refractivity contribution in [3.8, 4) is 0 Å². The van der Waals surface area contributed by atoms with E-state index in [9.17, 15) is 32.7 Å². The Balaban J connectivity index is 1.49. The van der Waals surface area contributed by atoms with Gasteiger partial charge >= 0.3 is 0 Å². The average Bonchev–Trinajstić information content (AvgIpc) is 3.50. The quantitative estimate of drug-likeness (QED) is 0.191. The minimum Gasteiger partial charge on any atom is -0.393 e. The Morgan fingerprint density at radius 2 is 1.60 bits per heavy atom. The Kier molecular flexibility index (Phi) is 10.4. The summed E-state index contributed by atoms with van der Waals surface area (Å²) in [5.41, 5.74) is 0.737. The Bertz CT molecular complexity index is 1350. The molecule has 0 radical (unpaired) electrons. The lowest BCUT2D eigenvalue weighted by molar-refractivity contribution is -0.134. The second-order valence-electron chi connectivity index (χ2n) is 12.3. The number of ketones is 1. The van der Waals surface area contributed by atoms with Crippen molar-refractivity contribution in [1.82, 2.24) is 16.0 Å². The first-order chi connectivity index (χ1) is 20.2. The molecule has 1 saturated heterocycles. The maximum Gasteiger partial charge on any atom is 0.243 e. The smallest absolute Gasteiger partial charge is 0.243 e. The van der Waals surface area contributed by atoms with Crippen LogP contribution in [0.3, 0.4) is 0 Å². The Morgan fingerprint density at radius 3 is 2.16 bits per heavy atom. The van der Waals surface area contributed by atoms with Gasteiger partial charge in [0.15, 0.2) is 15.6 Å². The number of allylic oxidation sites excluding steroid dienone is 1. The molecule has 3 amide bonds. The first kappa shape index (κ1) is 32.8. The van der Waals surface area contributed by atoms with Crippen molar-refractivity contribution in [1.29, 1.82) is 0 Å². The zero-order valence-electron chi connectivity index (χ0n) is 25.1. The Labute approximate surface area is 253 Å². The number of aliphatic hydroxyl groups is 1. The number of sulfone groups is 1. The summed E-state index contributed by atoms with van der Waals surface area (Å²) in [6.07, 6.45) is 8.04. The number of ether oxygens (including phenoxy) is 1. The number of benzene rings is 1. The van der Waals surface area contributed by atoms with E-state index in [4.69, 9.17) is 4.74 Å². The monoisotopic (exact) mass is 617 g/mol. The summed E-state index contributed by atoms with van der Waals surface area (Å²) in [5, 5.41) is 18.1. The van der Waals surface area contributed by atoms with Gasteiger partial charge in [0.05, 0.1) is 23.6 Å². The Morgan fingerprint density at radius 1 is 0.977 bits per heavy atom. The molecule has 11 nitrogen and oxygen atoms in total. The van der Waals surface area contributed by atoms with E-state index in [-0.39, 0.29) is 35.5 Å². The molecule has 1 heterocycles. The second-order valence-corrected chi connectivity index (χ2v) is 14.3. The molecule has 1 aromatic carbocycles. The molecule has 1 aromatic rings. The molecule has 1 saturated carbocycles. The highest BCUT2D eigenvalue weighted by Crippen LogP contribution is 2.31. The molecule has 12 heteroatoms. The maximum atomic E-state index is 13.7. The fourth-order valence-electron chi connectivity index (χ4n) is 5.63. The standard InChI is InChI=1S/C31H43N3O8S/c1-19(32-29(38)22-10-12-23(35)13-11-22)28(37)34-26(17-21-8-14-24(15-9-21)43(3,40)41)30(39)33-25(16-20-6-4-5-7-20)27(36)31(2)18-42-31/h6,8-9,14-15,19,22-23,25-26,35H,4-5,7,10-13,16-18H2,1-3H3,(H,32,38)(H,33,39)(H,34,37). The summed E-state index contributed by atoms with van der Waals surface area (Å²) in [5.74, 6) is -1.94. The molecule has 3 aliphatic rings. The number of epoxide rings is 1. The predicted molar refractivity (Wildman–Crippen MR) is 159 cm³/mol. The van der Waals surface area contributed by atoms with Crippen molar-refractivity contribution in [2.45, 2.75) is 106 Å². The summed E-state index contributed by atoms with van der Waals surface area (Å²) in [6, 6.07) is 3.15. The third kappa shape index (κ3) is 8.96. The van der Waals surface area contributed by atoms with Crippen molar-refractivity contribution >= 4 is 33.3 Å². The van der Waals surface area contributed by atoms with Crippen LogP contribution in [0.1, 0.15) is 70.8 Å². The van der Waals surface area contributed by atoms with Crippen molar-refractivity contribution in [3.05, 3.63) is 41.5 Å². The van der Waals surface area contributed by atoms with Crippen molar-refractivity contribution in [2.75, 3.05) is 12.9 Å². The highest BCUT2D eigenvalue weighted by Gasteiger charge is 2.50. The number of carbonyl (C=O) groups is 4. The van der Waals surface area contributed by atoms with Gasteiger partial charge in [-0.05, 0) is 82.9 Å². The van der Waals surface area contributed by atoms with Crippen LogP contribution in [-0.2, 0) is 40.2 Å². The molecule has 2 aliphatic carbocycles. The van der Waals surface area contributed by atoms with Crippen molar-refractivity contribution in [3.63, 3.8) is 0 Å². The van der Waals surface area contributed by atoms with Gasteiger partial charge in [0.2, 0.25) is 17.7 Å². The number of nitrogens with one attached hydrogen (secondary N) is 3. The molecule has 4 unspecified atom stereocenters. The molecule has 2 fully saturated rings. The normalized spacial score (nSPS) is 25.5. The summed E-state index contributed by atoms with van der Waals surface area (Å²) >= 11 is 0. The number of Topliss-reactive ketones (excluding diaryl/α,β-unsaturated/α-hetero) is 1. The average molecular weight is 618 g/mol. The van der Waals surface area contributed by atoms with E-state index in [0.717, 1.165) is 31.1 Å². The fourth-order valence-corrected chi connectivity index (χ4v) is 6.27. The molecule has 1 aliphatic heterocycles. The van der Waals surface area contributed by atoms with Crippen LogP contribution >= 0.6 is 0 Å². The van der Waals surface area contributed by atoms with E-state index >= 15 is 0 Å². The Hall–Kier alpha value is -3.09. The van der Waals surface area contributed by atoms with E-state index in [0.29, 0.717) is 37.7 Å². The highest BCUT2D eigenvalue weighted by molar-refractivity contribution is 7.90. The van der Waals surface area contributed by atoms with Gasteiger partial charge in [0.25, 0.3) is 0 Å². The number of hydrogen-bond acceptors (Lipinski definition) is 8. The summed E-state index contributed by atoms with van der Waals surface area (Å²) in [6.45, 7) is 3.50. The first-order valence-electron chi connectivity index (χ1n) is 15.0. The fraction of sp³-hybridized carbons (Fsp3) is 0.613. The number of carbonyl (C=O) groups excluding carboxylic acids is 4. The lowest BCUT2D eigenvalue weighted by Gasteiger charge is -2.27. The topological polar surface area (TPSA) is 171 Å². The maximum absolute atomic E-state index is 13.7. The van der Waals surface area contributed by atoms with Crippen LogP contribution in [0, 0.1) is 5.92 Å². The number of amides is 3. The molecule has 236 valence electrons. The van der Waals surface area contributed by atoms with Crippen molar-refractivity contribution < 1.29 is 37.4 Å². The van der Waals surface area contributed by atoms with Gasteiger partial charge in [-0.25, -0.2) is 8.42 Å². The molecule has 4 N–H and O–H groups in total. The molecular weight excluding hydrogens is 574 g/mol. The van der Waals surface area contributed by atoms with Crippen LogP contribution in [0.25, 0.3) is 0 Å². The number of hydrogen-bond donors (Lipinski definition) is 4. The van der Waals surface area contributed by atoms with Crippen LogP contribution in [-0.4, -0.2) is 79.7 Å². The molecule has 4 rings (SSSR count). The second kappa shape index (κ2) is 13.7. The van der Waals surface area contributed by atoms with Crippen LogP contribution in [0.15, 0.2) is 40.8 Å². The summed E-state index contributed by atoms with van der Waals surface area (Å²) < 4.78 is 29.2.